The van der Waals surface area contributed by atoms with Crippen molar-refractivity contribution >= 4 is 17.7 Å². The number of carbonyl (C=O) groups is 3. The number of nitrogens with two attached hydrogens (primary N) is 2. The molecule has 0 aromatic heterocycles. The highest BCUT2D eigenvalue weighted by molar-refractivity contribution is 6.09. The molecule has 21 heavy (non-hydrogen) atoms. The number of hydrogen-bond acceptors (Lipinski definition) is 4. The van der Waals surface area contributed by atoms with Gasteiger partial charge in [0.05, 0.1) is 6.42 Å². The van der Waals surface area contributed by atoms with Crippen molar-refractivity contribution in [3.8, 4) is 0 Å². The Morgan fingerprint density at radius 2 is 2.10 bits per heavy atom. The Labute approximate surface area is 123 Å². The maximum Gasteiger partial charge on any atom is 0.260 e. The van der Waals surface area contributed by atoms with E-state index in [1.807, 2.05) is 6.07 Å². The number of rotatable bonds is 5. The Morgan fingerprint density at radius 3 is 2.76 bits per heavy atom. The highest BCUT2D eigenvalue weighted by Gasteiger charge is 2.28. The summed E-state index contributed by atoms with van der Waals surface area (Å²) in [5, 5.41) is 0. The minimum absolute atomic E-state index is 0.203. The highest BCUT2D eigenvalue weighted by atomic mass is 16.2. The first-order valence-corrected chi connectivity index (χ1v) is 6.87. The van der Waals surface area contributed by atoms with E-state index in [0.29, 0.717) is 24.8 Å². The zero-order valence-corrected chi connectivity index (χ0v) is 12.0. The zero-order valence-electron chi connectivity index (χ0n) is 12.0. The summed E-state index contributed by atoms with van der Waals surface area (Å²) >= 11 is 0. The molecule has 2 rings (SSSR count). The Morgan fingerprint density at radius 1 is 1.38 bits per heavy atom. The number of amides is 3. The Hall–Kier alpha value is -2.21. The van der Waals surface area contributed by atoms with E-state index in [2.05, 4.69) is 0 Å². The average Bonchev–Trinajstić information content (AvgIpc) is 2.44. The third-order valence-electron chi connectivity index (χ3n) is 3.75. The molecule has 3 amide bonds. The molecule has 1 unspecified atom stereocenters. The van der Waals surface area contributed by atoms with Crippen LogP contribution in [0.2, 0.25) is 0 Å². The highest BCUT2D eigenvalue weighted by Crippen LogP contribution is 2.24. The van der Waals surface area contributed by atoms with Gasteiger partial charge in [-0.3, -0.25) is 19.3 Å². The van der Waals surface area contributed by atoms with Crippen LogP contribution in [0.3, 0.4) is 0 Å². The van der Waals surface area contributed by atoms with Gasteiger partial charge in [-0.2, -0.15) is 0 Å². The Bertz CT molecular complexity index is 598. The number of carbonyl (C=O) groups excluding carboxylic acids is 3. The van der Waals surface area contributed by atoms with Crippen molar-refractivity contribution in [3.63, 3.8) is 0 Å². The molecule has 1 aliphatic rings. The van der Waals surface area contributed by atoms with Gasteiger partial charge in [0.25, 0.3) is 5.91 Å². The van der Waals surface area contributed by atoms with Crippen LogP contribution in [0.1, 0.15) is 46.8 Å². The van der Waals surface area contributed by atoms with Crippen molar-refractivity contribution in [2.75, 3.05) is 7.05 Å². The number of fused-ring (bicyclic) bond motifs is 1. The van der Waals surface area contributed by atoms with Crippen LogP contribution < -0.4 is 11.5 Å². The van der Waals surface area contributed by atoms with Crippen LogP contribution in [0, 0.1) is 0 Å². The summed E-state index contributed by atoms with van der Waals surface area (Å²) in [6, 6.07) is 5.10. The Balaban J connectivity index is 2.15. The van der Waals surface area contributed by atoms with E-state index in [-0.39, 0.29) is 30.2 Å². The van der Waals surface area contributed by atoms with Gasteiger partial charge in [0.2, 0.25) is 11.8 Å². The second-order valence-corrected chi connectivity index (χ2v) is 5.32. The fourth-order valence-electron chi connectivity index (χ4n) is 2.42. The van der Waals surface area contributed by atoms with Crippen molar-refractivity contribution in [2.24, 2.45) is 11.5 Å². The molecule has 6 heteroatoms. The molecule has 0 bridgehead atoms. The lowest BCUT2D eigenvalue weighted by Crippen LogP contribution is -2.39. The standard InChI is InChI=1S/C15H19N3O3/c1-18-14(20)8-9-5-6-10(7-11(9)15(18)21)12(16)3-2-4-13(17)19/h5-7,12H,2-4,8,16H2,1H3,(H2,17,19). The number of hydrogen-bond donors (Lipinski definition) is 2. The maximum absolute atomic E-state index is 12.1. The molecule has 0 aliphatic carbocycles. The molecule has 1 heterocycles. The average molecular weight is 289 g/mol. The van der Waals surface area contributed by atoms with Crippen molar-refractivity contribution in [3.05, 3.63) is 34.9 Å². The minimum atomic E-state index is -0.344. The first-order chi connectivity index (χ1) is 9.90. The van der Waals surface area contributed by atoms with E-state index in [1.54, 1.807) is 12.1 Å². The van der Waals surface area contributed by atoms with E-state index in [0.717, 1.165) is 16.0 Å². The van der Waals surface area contributed by atoms with E-state index >= 15 is 0 Å². The van der Waals surface area contributed by atoms with Crippen molar-refractivity contribution in [2.45, 2.75) is 31.7 Å². The molecule has 1 aliphatic heterocycles. The first-order valence-electron chi connectivity index (χ1n) is 6.87. The number of imide groups is 1. The summed E-state index contributed by atoms with van der Waals surface area (Å²) in [5.41, 5.74) is 13.3. The molecule has 112 valence electrons. The summed E-state index contributed by atoms with van der Waals surface area (Å²) in [7, 11) is 1.48. The lowest BCUT2D eigenvalue weighted by molar-refractivity contribution is -0.127. The van der Waals surface area contributed by atoms with Crippen LogP contribution in [0.5, 0.6) is 0 Å². The summed E-state index contributed by atoms with van der Waals surface area (Å²) < 4.78 is 0. The zero-order chi connectivity index (χ0) is 15.6. The number of benzene rings is 1. The second-order valence-electron chi connectivity index (χ2n) is 5.32. The molecule has 1 aromatic rings. The maximum atomic E-state index is 12.1. The van der Waals surface area contributed by atoms with Gasteiger partial charge < -0.3 is 11.5 Å². The largest absolute Gasteiger partial charge is 0.370 e. The molecule has 1 atom stereocenters. The molecule has 0 radical (unpaired) electrons. The van der Waals surface area contributed by atoms with Gasteiger partial charge in [-0.25, -0.2) is 0 Å². The normalized spacial score (nSPS) is 15.8. The number of primary amides is 1. The van der Waals surface area contributed by atoms with Gasteiger partial charge in [-0.1, -0.05) is 12.1 Å². The van der Waals surface area contributed by atoms with Crippen molar-refractivity contribution < 1.29 is 14.4 Å². The lowest BCUT2D eigenvalue weighted by Gasteiger charge is -2.24. The van der Waals surface area contributed by atoms with Crippen LogP contribution in [0.15, 0.2) is 18.2 Å². The van der Waals surface area contributed by atoms with E-state index in [1.165, 1.54) is 7.05 Å². The summed E-state index contributed by atoms with van der Waals surface area (Å²) in [4.78, 5) is 35.6. The van der Waals surface area contributed by atoms with E-state index < -0.39 is 0 Å². The fourth-order valence-corrected chi connectivity index (χ4v) is 2.42. The summed E-state index contributed by atoms with van der Waals surface area (Å²) in [6.07, 6.45) is 1.76. The lowest BCUT2D eigenvalue weighted by atomic mass is 9.93. The van der Waals surface area contributed by atoms with Gasteiger partial charge in [-0.05, 0) is 30.0 Å². The van der Waals surface area contributed by atoms with Crippen LogP contribution in [0.25, 0.3) is 0 Å². The van der Waals surface area contributed by atoms with E-state index in [9.17, 15) is 14.4 Å². The fraction of sp³-hybridized carbons (Fsp3) is 0.400. The third kappa shape index (κ3) is 3.28. The third-order valence-corrected chi connectivity index (χ3v) is 3.75. The van der Waals surface area contributed by atoms with Crippen LogP contribution >= 0.6 is 0 Å². The molecular formula is C15H19N3O3. The first kappa shape index (κ1) is 15.2. The molecular weight excluding hydrogens is 270 g/mol. The monoisotopic (exact) mass is 289 g/mol. The van der Waals surface area contributed by atoms with Crippen molar-refractivity contribution in [1.29, 1.82) is 0 Å². The van der Waals surface area contributed by atoms with Crippen LogP contribution in [-0.2, 0) is 16.0 Å². The molecule has 1 aromatic carbocycles. The Kier molecular flexibility index (Phi) is 4.37. The summed E-state index contributed by atoms with van der Waals surface area (Å²) in [5.74, 6) is -0.846. The van der Waals surface area contributed by atoms with Gasteiger partial charge >= 0.3 is 0 Å². The van der Waals surface area contributed by atoms with Crippen LogP contribution in [-0.4, -0.2) is 29.7 Å². The van der Waals surface area contributed by atoms with Gasteiger partial charge in [0.15, 0.2) is 0 Å². The quantitative estimate of drug-likeness (QED) is 0.769. The van der Waals surface area contributed by atoms with Gasteiger partial charge in [0, 0.05) is 25.1 Å². The molecule has 4 N–H and O–H groups in total. The predicted molar refractivity (Wildman–Crippen MR) is 77.2 cm³/mol. The van der Waals surface area contributed by atoms with Crippen molar-refractivity contribution in [1.82, 2.24) is 4.90 Å². The van der Waals surface area contributed by atoms with Gasteiger partial charge in [0.1, 0.15) is 0 Å². The number of nitrogens with zero attached hydrogens (tertiary/aromatic N) is 1. The molecule has 0 spiro atoms. The minimum Gasteiger partial charge on any atom is -0.370 e. The summed E-state index contributed by atoms with van der Waals surface area (Å²) in [6.45, 7) is 0. The molecule has 0 saturated carbocycles. The van der Waals surface area contributed by atoms with Crippen LogP contribution in [0.4, 0.5) is 0 Å². The SMILES string of the molecule is CN1C(=O)Cc2ccc(C(N)CCCC(N)=O)cc2C1=O. The smallest absolute Gasteiger partial charge is 0.260 e. The van der Waals surface area contributed by atoms with Gasteiger partial charge in [-0.15, -0.1) is 0 Å². The topological polar surface area (TPSA) is 106 Å². The molecule has 0 saturated heterocycles. The predicted octanol–water partition coefficient (Wildman–Crippen LogP) is 0.497. The molecule has 6 nitrogen and oxygen atoms in total. The molecule has 0 fully saturated rings. The second kappa shape index (κ2) is 6.05. The van der Waals surface area contributed by atoms with E-state index in [4.69, 9.17) is 11.5 Å². The number of likely N-dealkylation sites (N-methyl/N-ethyl adjacent to an activating group) is 1.